The van der Waals surface area contributed by atoms with Gasteiger partial charge in [0.15, 0.2) is 0 Å². The Labute approximate surface area is 102 Å². The second-order valence-electron chi connectivity index (χ2n) is 3.48. The average Bonchev–Trinajstić information content (AvgIpc) is 2.31. The molecule has 0 aliphatic carbocycles. The molecule has 0 spiro atoms. The Bertz CT molecular complexity index is 318. The maximum absolute atomic E-state index is 5.93. The highest BCUT2D eigenvalue weighted by Crippen LogP contribution is 2.27. The van der Waals surface area contributed by atoms with Crippen LogP contribution in [0.1, 0.15) is 12.8 Å². The molecule has 1 aromatic rings. The minimum atomic E-state index is 0.632. The molecule has 1 aromatic carbocycles. The van der Waals surface area contributed by atoms with Crippen LogP contribution in [0.5, 0.6) is 5.75 Å². The van der Waals surface area contributed by atoms with Gasteiger partial charge in [-0.1, -0.05) is 11.6 Å². The van der Waals surface area contributed by atoms with E-state index in [0.717, 1.165) is 31.7 Å². The zero-order valence-corrected chi connectivity index (χ0v) is 10.5. The van der Waals surface area contributed by atoms with E-state index in [1.807, 2.05) is 18.2 Å². The van der Waals surface area contributed by atoms with Crippen LogP contribution in [0.15, 0.2) is 18.2 Å². The number of unbranched alkanes of at least 4 members (excludes halogenated alkanes) is 1. The maximum Gasteiger partial charge on any atom is 0.139 e. The third-order valence-electron chi connectivity index (χ3n) is 2.26. The Morgan fingerprint density at radius 3 is 2.75 bits per heavy atom. The first-order chi connectivity index (χ1) is 7.77. The molecule has 0 aliphatic rings. The average molecular weight is 244 g/mol. The van der Waals surface area contributed by atoms with Crippen molar-refractivity contribution in [3.63, 3.8) is 0 Å². The zero-order valence-electron chi connectivity index (χ0n) is 9.75. The number of nitrogens with one attached hydrogen (secondary N) is 1. The lowest BCUT2D eigenvalue weighted by Crippen LogP contribution is -2.03. The number of anilines is 1. The van der Waals surface area contributed by atoms with Crippen LogP contribution in [0.4, 0.5) is 5.69 Å². The van der Waals surface area contributed by atoms with Gasteiger partial charge in [-0.3, -0.25) is 0 Å². The SMILES string of the molecule is COCCCCNc1ccc(Cl)c(OC)c1. The number of hydrogen-bond donors (Lipinski definition) is 1. The maximum atomic E-state index is 5.93. The lowest BCUT2D eigenvalue weighted by atomic mass is 10.2. The van der Waals surface area contributed by atoms with Crippen LogP contribution in [-0.2, 0) is 4.74 Å². The Balaban J connectivity index is 2.36. The van der Waals surface area contributed by atoms with E-state index in [9.17, 15) is 0 Å². The van der Waals surface area contributed by atoms with Crippen molar-refractivity contribution in [2.45, 2.75) is 12.8 Å². The number of rotatable bonds is 7. The topological polar surface area (TPSA) is 30.5 Å². The summed E-state index contributed by atoms with van der Waals surface area (Å²) in [6.45, 7) is 1.74. The van der Waals surface area contributed by atoms with Crippen LogP contribution >= 0.6 is 11.6 Å². The third kappa shape index (κ3) is 4.29. The van der Waals surface area contributed by atoms with Crippen molar-refractivity contribution in [1.82, 2.24) is 0 Å². The normalized spacial score (nSPS) is 10.2. The second kappa shape index (κ2) is 7.36. The summed E-state index contributed by atoms with van der Waals surface area (Å²) in [5.41, 5.74) is 1.03. The van der Waals surface area contributed by atoms with Gasteiger partial charge < -0.3 is 14.8 Å². The van der Waals surface area contributed by atoms with E-state index in [1.54, 1.807) is 14.2 Å². The molecule has 1 N–H and O–H groups in total. The fraction of sp³-hybridized carbons (Fsp3) is 0.500. The van der Waals surface area contributed by atoms with Gasteiger partial charge in [0, 0.05) is 32.0 Å². The molecule has 0 aromatic heterocycles. The first-order valence-electron chi connectivity index (χ1n) is 5.34. The van der Waals surface area contributed by atoms with Crippen LogP contribution in [0.2, 0.25) is 5.02 Å². The Morgan fingerprint density at radius 1 is 1.25 bits per heavy atom. The van der Waals surface area contributed by atoms with Gasteiger partial charge in [0.1, 0.15) is 5.75 Å². The van der Waals surface area contributed by atoms with Gasteiger partial charge in [0.25, 0.3) is 0 Å². The van der Waals surface area contributed by atoms with E-state index in [4.69, 9.17) is 21.1 Å². The van der Waals surface area contributed by atoms with Crippen molar-refractivity contribution in [3.05, 3.63) is 23.2 Å². The van der Waals surface area contributed by atoms with Crippen LogP contribution in [0.25, 0.3) is 0 Å². The minimum absolute atomic E-state index is 0.632. The summed E-state index contributed by atoms with van der Waals surface area (Å²) in [4.78, 5) is 0. The van der Waals surface area contributed by atoms with Gasteiger partial charge in [-0.05, 0) is 25.0 Å². The monoisotopic (exact) mass is 243 g/mol. The van der Waals surface area contributed by atoms with Crippen LogP contribution < -0.4 is 10.1 Å². The Morgan fingerprint density at radius 2 is 2.06 bits per heavy atom. The van der Waals surface area contributed by atoms with Crippen molar-refractivity contribution in [1.29, 1.82) is 0 Å². The van der Waals surface area contributed by atoms with Crippen molar-refractivity contribution in [3.8, 4) is 5.75 Å². The summed E-state index contributed by atoms with van der Waals surface area (Å²) in [5.74, 6) is 0.698. The van der Waals surface area contributed by atoms with Crippen molar-refractivity contribution in [2.24, 2.45) is 0 Å². The van der Waals surface area contributed by atoms with Crippen LogP contribution in [0.3, 0.4) is 0 Å². The number of benzene rings is 1. The molecule has 0 heterocycles. The minimum Gasteiger partial charge on any atom is -0.495 e. The number of methoxy groups -OCH3 is 2. The molecule has 0 saturated carbocycles. The van der Waals surface area contributed by atoms with Gasteiger partial charge in [0.2, 0.25) is 0 Å². The summed E-state index contributed by atoms with van der Waals surface area (Å²) < 4.78 is 10.1. The molecule has 16 heavy (non-hydrogen) atoms. The number of hydrogen-bond acceptors (Lipinski definition) is 3. The van der Waals surface area contributed by atoms with E-state index in [0.29, 0.717) is 10.8 Å². The predicted octanol–water partition coefficient (Wildman–Crippen LogP) is 3.19. The highest BCUT2D eigenvalue weighted by atomic mass is 35.5. The summed E-state index contributed by atoms with van der Waals surface area (Å²) in [6.07, 6.45) is 2.15. The molecule has 0 amide bonds. The van der Waals surface area contributed by atoms with Gasteiger partial charge in [-0.2, -0.15) is 0 Å². The number of ether oxygens (including phenoxy) is 2. The Kier molecular flexibility index (Phi) is 6.04. The zero-order chi connectivity index (χ0) is 11.8. The first kappa shape index (κ1) is 13.1. The predicted molar refractivity (Wildman–Crippen MR) is 67.6 cm³/mol. The van der Waals surface area contributed by atoms with E-state index >= 15 is 0 Å². The third-order valence-corrected chi connectivity index (χ3v) is 2.57. The Hall–Kier alpha value is -0.930. The van der Waals surface area contributed by atoms with Crippen LogP contribution in [-0.4, -0.2) is 27.4 Å². The number of halogens is 1. The van der Waals surface area contributed by atoms with Gasteiger partial charge in [-0.15, -0.1) is 0 Å². The van der Waals surface area contributed by atoms with E-state index in [1.165, 1.54) is 0 Å². The lowest BCUT2D eigenvalue weighted by molar-refractivity contribution is 0.194. The van der Waals surface area contributed by atoms with E-state index in [2.05, 4.69) is 5.32 Å². The molecule has 0 saturated heterocycles. The highest BCUT2D eigenvalue weighted by Gasteiger charge is 2.00. The largest absolute Gasteiger partial charge is 0.495 e. The van der Waals surface area contributed by atoms with Gasteiger partial charge in [0.05, 0.1) is 12.1 Å². The highest BCUT2D eigenvalue weighted by molar-refractivity contribution is 6.32. The van der Waals surface area contributed by atoms with E-state index < -0.39 is 0 Å². The fourth-order valence-electron chi connectivity index (χ4n) is 1.37. The molecule has 0 unspecified atom stereocenters. The molecular weight excluding hydrogens is 226 g/mol. The molecular formula is C12H18ClNO2. The summed E-state index contributed by atoms with van der Waals surface area (Å²) >= 11 is 5.93. The fourth-order valence-corrected chi connectivity index (χ4v) is 1.57. The van der Waals surface area contributed by atoms with Crippen molar-refractivity contribution < 1.29 is 9.47 Å². The molecule has 4 heteroatoms. The van der Waals surface area contributed by atoms with Gasteiger partial charge >= 0.3 is 0 Å². The lowest BCUT2D eigenvalue weighted by Gasteiger charge is -2.09. The quantitative estimate of drug-likeness (QED) is 0.746. The summed E-state index contributed by atoms with van der Waals surface area (Å²) in [7, 11) is 3.33. The van der Waals surface area contributed by atoms with Crippen LogP contribution in [0, 0.1) is 0 Å². The molecule has 1 rings (SSSR count). The summed E-state index contributed by atoms with van der Waals surface area (Å²) in [6, 6.07) is 5.68. The molecule has 90 valence electrons. The molecule has 3 nitrogen and oxygen atoms in total. The molecule has 0 bridgehead atoms. The molecule has 0 aliphatic heterocycles. The second-order valence-corrected chi connectivity index (χ2v) is 3.88. The van der Waals surface area contributed by atoms with Crippen molar-refractivity contribution in [2.75, 3.05) is 32.7 Å². The summed E-state index contributed by atoms with van der Waals surface area (Å²) in [5, 5.41) is 3.94. The molecule has 0 atom stereocenters. The smallest absolute Gasteiger partial charge is 0.139 e. The van der Waals surface area contributed by atoms with Crippen molar-refractivity contribution >= 4 is 17.3 Å². The first-order valence-corrected chi connectivity index (χ1v) is 5.72. The van der Waals surface area contributed by atoms with E-state index in [-0.39, 0.29) is 0 Å². The molecule has 0 fully saturated rings. The standard InChI is InChI=1S/C12H18ClNO2/c1-15-8-4-3-7-14-10-5-6-11(13)12(9-10)16-2/h5-6,9,14H,3-4,7-8H2,1-2H3. The van der Waals surface area contributed by atoms with Gasteiger partial charge in [-0.25, -0.2) is 0 Å². The molecule has 0 radical (unpaired) electrons.